The zero-order valence-corrected chi connectivity index (χ0v) is 18.8. The molecule has 1 aromatic rings. The number of rotatable bonds is 8. The maximum absolute atomic E-state index is 13.1. The molecule has 3 amide bonds. The number of amides is 3. The largest absolute Gasteiger partial charge is 0.493 e. The maximum Gasteiger partial charge on any atom is 0.328 e. The van der Waals surface area contributed by atoms with Crippen molar-refractivity contribution in [1.82, 2.24) is 19.6 Å². The Bertz CT molecular complexity index is 977. The number of benzene rings is 1. The summed E-state index contributed by atoms with van der Waals surface area (Å²) in [6.45, 7) is 2.75. The summed E-state index contributed by atoms with van der Waals surface area (Å²) >= 11 is 0. The summed E-state index contributed by atoms with van der Waals surface area (Å²) in [5.74, 6) is 1.75. The van der Waals surface area contributed by atoms with Gasteiger partial charge in [0.15, 0.2) is 23.7 Å². The highest BCUT2D eigenvalue weighted by molar-refractivity contribution is 6.04. The molecule has 1 fully saturated rings. The minimum absolute atomic E-state index is 0.0801. The summed E-state index contributed by atoms with van der Waals surface area (Å²) in [6.07, 6.45) is 2.44. The molecule has 3 aliphatic rings. The molecule has 0 spiro atoms. The quantitative estimate of drug-likeness (QED) is 0.642. The van der Waals surface area contributed by atoms with Crippen LogP contribution >= 0.6 is 0 Å². The van der Waals surface area contributed by atoms with Gasteiger partial charge in [0.2, 0.25) is 5.96 Å². The molecule has 3 aliphatic heterocycles. The molecule has 0 aromatic heterocycles. The summed E-state index contributed by atoms with van der Waals surface area (Å²) in [4.78, 5) is 37.2. The molecule has 0 saturated carbocycles. The first-order valence-electron chi connectivity index (χ1n) is 10.6. The van der Waals surface area contributed by atoms with Crippen molar-refractivity contribution in [2.24, 2.45) is 4.99 Å². The maximum atomic E-state index is 13.1. The lowest BCUT2D eigenvalue weighted by Gasteiger charge is -2.40. The third-order valence-electron chi connectivity index (χ3n) is 6.11. The van der Waals surface area contributed by atoms with Gasteiger partial charge in [-0.15, -0.1) is 0 Å². The van der Waals surface area contributed by atoms with E-state index in [0.717, 1.165) is 17.7 Å². The number of fused-ring (bicyclic) bond motifs is 3. The van der Waals surface area contributed by atoms with E-state index in [1.54, 1.807) is 21.3 Å². The molecule has 3 heterocycles. The van der Waals surface area contributed by atoms with Gasteiger partial charge in [-0.05, 0) is 37.5 Å². The molecule has 10 heteroatoms. The number of aliphatic imine (C=N–C) groups is 1. The van der Waals surface area contributed by atoms with Gasteiger partial charge >= 0.3 is 6.03 Å². The van der Waals surface area contributed by atoms with Crippen molar-refractivity contribution in [3.8, 4) is 11.5 Å². The van der Waals surface area contributed by atoms with Crippen LogP contribution in [-0.4, -0.2) is 95.8 Å². The van der Waals surface area contributed by atoms with Crippen LogP contribution in [0.15, 0.2) is 35.1 Å². The smallest absolute Gasteiger partial charge is 0.328 e. The number of urea groups is 1. The van der Waals surface area contributed by atoms with Crippen LogP contribution in [0.3, 0.4) is 0 Å². The molecule has 1 N–H and O–H groups in total. The number of carbonyl (C=O) groups is 2. The first kappa shape index (κ1) is 21.9. The first-order chi connectivity index (χ1) is 15.4. The lowest BCUT2D eigenvalue weighted by atomic mass is 10.1. The van der Waals surface area contributed by atoms with E-state index in [-0.39, 0.29) is 25.1 Å². The number of aliphatic hydroxyl groups excluding tert-OH is 1. The van der Waals surface area contributed by atoms with Crippen LogP contribution in [0.1, 0.15) is 18.9 Å². The van der Waals surface area contributed by atoms with E-state index in [1.165, 1.54) is 9.80 Å². The zero-order valence-electron chi connectivity index (χ0n) is 18.8. The third-order valence-corrected chi connectivity index (χ3v) is 6.11. The number of ether oxygens (including phenoxy) is 2. The summed E-state index contributed by atoms with van der Waals surface area (Å²) in [7, 11) is 4.88. The van der Waals surface area contributed by atoms with Crippen LogP contribution in [0.5, 0.6) is 11.5 Å². The number of aliphatic hydroxyl groups is 1. The Morgan fingerprint density at radius 3 is 2.53 bits per heavy atom. The zero-order chi connectivity index (χ0) is 23.0. The predicted molar refractivity (Wildman–Crippen MR) is 117 cm³/mol. The van der Waals surface area contributed by atoms with Gasteiger partial charge < -0.3 is 29.3 Å². The van der Waals surface area contributed by atoms with Crippen LogP contribution in [0.25, 0.3) is 0 Å². The van der Waals surface area contributed by atoms with E-state index < -0.39 is 12.2 Å². The first-order valence-corrected chi connectivity index (χ1v) is 10.6. The highest BCUT2D eigenvalue weighted by Gasteiger charge is 2.53. The van der Waals surface area contributed by atoms with Crippen molar-refractivity contribution in [2.45, 2.75) is 32.0 Å². The van der Waals surface area contributed by atoms with E-state index in [9.17, 15) is 9.59 Å². The van der Waals surface area contributed by atoms with Gasteiger partial charge in [-0.1, -0.05) is 6.07 Å². The fourth-order valence-electron chi connectivity index (χ4n) is 4.39. The number of hydrogen-bond donors (Lipinski definition) is 1. The summed E-state index contributed by atoms with van der Waals surface area (Å²) < 4.78 is 10.7. The molecule has 1 saturated heterocycles. The molecule has 0 radical (unpaired) electrons. The summed E-state index contributed by atoms with van der Waals surface area (Å²) in [5.41, 5.74) is 2.07. The highest BCUT2D eigenvalue weighted by Crippen LogP contribution is 2.34. The molecule has 2 atom stereocenters. The number of allylic oxidation sites excluding steroid dienone is 1. The number of nitrogens with zero attached hydrogens (tertiary/aromatic N) is 5. The van der Waals surface area contributed by atoms with Crippen LogP contribution in [0.4, 0.5) is 4.79 Å². The number of carbonyl (C=O) groups excluding carboxylic acids is 2. The van der Waals surface area contributed by atoms with E-state index in [1.807, 2.05) is 36.2 Å². The summed E-state index contributed by atoms with van der Waals surface area (Å²) in [6, 6.07) is 4.87. The average Bonchev–Trinajstić information content (AvgIpc) is 3.30. The molecule has 172 valence electrons. The number of likely N-dealkylation sites (N-methyl/N-ethyl adjacent to an activating group) is 1. The average molecular weight is 444 g/mol. The van der Waals surface area contributed by atoms with Gasteiger partial charge in [-0.25, -0.2) is 9.79 Å². The minimum atomic E-state index is -0.590. The monoisotopic (exact) mass is 443 g/mol. The van der Waals surface area contributed by atoms with Crippen molar-refractivity contribution in [2.75, 3.05) is 41.0 Å². The molecule has 0 bridgehead atoms. The number of imide groups is 1. The van der Waals surface area contributed by atoms with E-state index in [4.69, 9.17) is 19.6 Å². The SMILES string of the molecule is COc1ccc(CCN2C(C)=CN3C2=NC2C3C(=O)N(CCCO)C(=O)N2C)cc1OC. The van der Waals surface area contributed by atoms with Crippen molar-refractivity contribution in [3.63, 3.8) is 0 Å². The predicted octanol–water partition coefficient (Wildman–Crippen LogP) is 1.07. The topological polar surface area (TPSA) is 98.2 Å². The second kappa shape index (κ2) is 8.70. The normalized spacial score (nSPS) is 22.2. The Morgan fingerprint density at radius 2 is 1.84 bits per heavy atom. The Balaban J connectivity index is 1.52. The Morgan fingerprint density at radius 1 is 1.09 bits per heavy atom. The number of hydrogen-bond acceptors (Lipinski definition) is 8. The Labute approximate surface area is 187 Å². The molecular formula is C22H29N5O5. The number of methoxy groups -OCH3 is 2. The van der Waals surface area contributed by atoms with Gasteiger partial charge in [0.05, 0.1) is 14.2 Å². The fourth-order valence-corrected chi connectivity index (χ4v) is 4.39. The van der Waals surface area contributed by atoms with Gasteiger partial charge in [0, 0.05) is 38.6 Å². The van der Waals surface area contributed by atoms with E-state index in [0.29, 0.717) is 30.4 Å². The minimum Gasteiger partial charge on any atom is -0.493 e. The molecule has 2 unspecified atom stereocenters. The van der Waals surface area contributed by atoms with Crippen LogP contribution in [-0.2, 0) is 11.2 Å². The molecular weight excluding hydrogens is 414 g/mol. The molecule has 4 rings (SSSR count). The van der Waals surface area contributed by atoms with Crippen molar-refractivity contribution >= 4 is 17.9 Å². The lowest BCUT2D eigenvalue weighted by molar-refractivity contribution is -0.136. The second-order valence-electron chi connectivity index (χ2n) is 8.02. The third kappa shape index (κ3) is 3.54. The van der Waals surface area contributed by atoms with Gasteiger partial charge in [0.25, 0.3) is 5.91 Å². The van der Waals surface area contributed by atoms with E-state index in [2.05, 4.69) is 4.90 Å². The van der Waals surface area contributed by atoms with Crippen molar-refractivity contribution in [1.29, 1.82) is 0 Å². The van der Waals surface area contributed by atoms with Crippen LogP contribution < -0.4 is 9.47 Å². The number of guanidine groups is 1. The second-order valence-corrected chi connectivity index (χ2v) is 8.02. The van der Waals surface area contributed by atoms with Gasteiger partial charge in [0.1, 0.15) is 0 Å². The van der Waals surface area contributed by atoms with Gasteiger partial charge in [-0.2, -0.15) is 0 Å². The standard InChI is InChI=1S/C22H29N5O5/c1-14-13-27-18-19(24(2)22(30)26(20(18)29)9-5-11-28)23-21(27)25(14)10-8-15-6-7-16(31-3)17(12-15)32-4/h6-7,12-13,18-19,28H,5,8-11H2,1-4H3. The molecule has 0 aliphatic carbocycles. The van der Waals surface area contributed by atoms with Crippen molar-refractivity contribution in [3.05, 3.63) is 35.7 Å². The molecule has 32 heavy (non-hydrogen) atoms. The van der Waals surface area contributed by atoms with Gasteiger partial charge in [-0.3, -0.25) is 9.69 Å². The van der Waals surface area contributed by atoms with E-state index >= 15 is 0 Å². The van der Waals surface area contributed by atoms with Crippen LogP contribution in [0.2, 0.25) is 0 Å². The highest BCUT2D eigenvalue weighted by atomic mass is 16.5. The lowest BCUT2D eigenvalue weighted by Crippen LogP contribution is -2.64. The fraction of sp³-hybridized carbons (Fsp3) is 0.500. The molecule has 1 aromatic carbocycles. The van der Waals surface area contributed by atoms with Crippen molar-refractivity contribution < 1.29 is 24.2 Å². The Hall–Kier alpha value is -3.27. The summed E-state index contributed by atoms with van der Waals surface area (Å²) in [5, 5.41) is 9.13. The molecule has 10 nitrogen and oxygen atoms in total. The Kier molecular flexibility index (Phi) is 5.96. The van der Waals surface area contributed by atoms with Crippen LogP contribution in [0, 0.1) is 0 Å².